The lowest BCUT2D eigenvalue weighted by Crippen LogP contribution is -2.54. The maximum absolute atomic E-state index is 11.9. The lowest BCUT2D eigenvalue weighted by atomic mass is 9.73. The van der Waals surface area contributed by atoms with Crippen LogP contribution in [0.15, 0.2) is 6.07 Å². The molecule has 1 aromatic rings. The molecule has 0 spiro atoms. The Morgan fingerprint density at radius 3 is 2.73 bits per heavy atom. The molecule has 1 fully saturated rings. The van der Waals surface area contributed by atoms with E-state index in [0.717, 1.165) is 30.7 Å². The molecular weight excluding hydrogens is 190 g/mol. The van der Waals surface area contributed by atoms with E-state index >= 15 is 0 Å². The summed E-state index contributed by atoms with van der Waals surface area (Å²) in [6, 6.07) is 1.94. The number of aryl methyl sites for hydroxylation is 2. The van der Waals surface area contributed by atoms with Crippen LogP contribution in [0.5, 0.6) is 0 Å². The van der Waals surface area contributed by atoms with Gasteiger partial charge in [0.15, 0.2) is 5.78 Å². The van der Waals surface area contributed by atoms with Gasteiger partial charge in [-0.3, -0.25) is 9.48 Å². The predicted octanol–water partition coefficient (Wildman–Crippen LogP) is 0.722. The number of aromatic nitrogens is 2. The highest BCUT2D eigenvalue weighted by molar-refractivity contribution is 5.90. The third kappa shape index (κ3) is 1.81. The number of nitrogens with zero attached hydrogens (tertiary/aromatic N) is 2. The highest BCUT2D eigenvalue weighted by Crippen LogP contribution is 2.30. The fraction of sp³-hybridized carbons (Fsp3) is 0.636. The van der Waals surface area contributed by atoms with E-state index in [0.29, 0.717) is 6.42 Å². The molecule has 1 aliphatic rings. The van der Waals surface area contributed by atoms with Gasteiger partial charge in [-0.1, -0.05) is 0 Å². The molecule has 0 aliphatic heterocycles. The average molecular weight is 207 g/mol. The smallest absolute Gasteiger partial charge is 0.158 e. The summed E-state index contributed by atoms with van der Waals surface area (Å²) >= 11 is 0. The lowest BCUT2D eigenvalue weighted by molar-refractivity contribution is -0.126. The molecule has 4 heteroatoms. The minimum absolute atomic E-state index is 0.150. The van der Waals surface area contributed by atoms with Crippen LogP contribution in [0.25, 0.3) is 0 Å². The minimum atomic E-state index is -0.543. The molecule has 2 N–H and O–H groups in total. The van der Waals surface area contributed by atoms with Crippen molar-refractivity contribution in [3.63, 3.8) is 0 Å². The first-order valence-corrected chi connectivity index (χ1v) is 5.33. The van der Waals surface area contributed by atoms with E-state index in [4.69, 9.17) is 5.73 Å². The monoisotopic (exact) mass is 207 g/mol. The van der Waals surface area contributed by atoms with E-state index in [1.54, 1.807) is 4.68 Å². The molecule has 1 saturated carbocycles. The third-order valence-corrected chi connectivity index (χ3v) is 3.24. The van der Waals surface area contributed by atoms with Crippen LogP contribution in [0.4, 0.5) is 0 Å². The van der Waals surface area contributed by atoms with Crippen molar-refractivity contribution in [2.75, 3.05) is 0 Å². The highest BCUT2D eigenvalue weighted by atomic mass is 16.1. The van der Waals surface area contributed by atoms with Gasteiger partial charge < -0.3 is 5.73 Å². The molecule has 2 rings (SSSR count). The molecule has 0 saturated heterocycles. The van der Waals surface area contributed by atoms with Crippen molar-refractivity contribution in [2.24, 2.45) is 12.8 Å². The van der Waals surface area contributed by atoms with Gasteiger partial charge in [0.2, 0.25) is 0 Å². The Hall–Kier alpha value is -1.16. The topological polar surface area (TPSA) is 60.9 Å². The first kappa shape index (κ1) is 10.4. The van der Waals surface area contributed by atoms with E-state index in [-0.39, 0.29) is 5.78 Å². The van der Waals surface area contributed by atoms with Crippen LogP contribution in [0.1, 0.15) is 30.7 Å². The van der Waals surface area contributed by atoms with Gasteiger partial charge in [0, 0.05) is 12.7 Å². The first-order valence-electron chi connectivity index (χ1n) is 5.33. The Morgan fingerprint density at radius 1 is 1.67 bits per heavy atom. The summed E-state index contributed by atoms with van der Waals surface area (Å²) in [5, 5.41) is 4.21. The maximum atomic E-state index is 11.9. The largest absolute Gasteiger partial charge is 0.319 e. The van der Waals surface area contributed by atoms with Crippen molar-refractivity contribution < 1.29 is 4.79 Å². The van der Waals surface area contributed by atoms with Gasteiger partial charge in [-0.15, -0.1) is 0 Å². The highest BCUT2D eigenvalue weighted by Gasteiger charge is 2.39. The fourth-order valence-electron chi connectivity index (χ4n) is 2.01. The van der Waals surface area contributed by atoms with Crippen LogP contribution in [-0.4, -0.2) is 21.1 Å². The van der Waals surface area contributed by atoms with Gasteiger partial charge in [-0.25, -0.2) is 0 Å². The SMILES string of the molecule is Cc1cc(CC(=O)C2(N)CCC2)n(C)n1. The number of ketones is 1. The number of Topliss-reactive ketones (excluding diaryl/α,β-unsaturated/α-hetero) is 1. The number of carbonyl (C=O) groups is 1. The maximum Gasteiger partial charge on any atom is 0.158 e. The molecule has 0 aromatic carbocycles. The molecular formula is C11H17N3O. The lowest BCUT2D eigenvalue weighted by Gasteiger charge is -2.36. The number of carbonyl (C=O) groups excluding carboxylic acids is 1. The van der Waals surface area contributed by atoms with Crippen molar-refractivity contribution >= 4 is 5.78 Å². The van der Waals surface area contributed by atoms with E-state index in [2.05, 4.69) is 5.10 Å². The second kappa shape index (κ2) is 3.45. The number of rotatable bonds is 3. The molecule has 82 valence electrons. The molecule has 4 nitrogen and oxygen atoms in total. The van der Waals surface area contributed by atoms with Crippen molar-refractivity contribution in [2.45, 2.75) is 38.1 Å². The first-order chi connectivity index (χ1) is 7.01. The number of nitrogens with two attached hydrogens (primary N) is 1. The quantitative estimate of drug-likeness (QED) is 0.794. The Balaban J connectivity index is 2.09. The molecule has 15 heavy (non-hydrogen) atoms. The molecule has 1 heterocycles. The average Bonchev–Trinajstić information content (AvgIpc) is 2.41. The Kier molecular flexibility index (Phi) is 2.38. The van der Waals surface area contributed by atoms with Crippen molar-refractivity contribution in [1.29, 1.82) is 0 Å². The van der Waals surface area contributed by atoms with E-state index in [9.17, 15) is 4.79 Å². The predicted molar refractivity (Wildman–Crippen MR) is 57.4 cm³/mol. The molecule has 0 radical (unpaired) electrons. The van der Waals surface area contributed by atoms with E-state index < -0.39 is 5.54 Å². The minimum Gasteiger partial charge on any atom is -0.319 e. The molecule has 0 bridgehead atoms. The van der Waals surface area contributed by atoms with Crippen LogP contribution >= 0.6 is 0 Å². The molecule has 0 amide bonds. The second-order valence-electron chi connectivity index (χ2n) is 4.51. The van der Waals surface area contributed by atoms with Gasteiger partial charge in [0.1, 0.15) is 0 Å². The summed E-state index contributed by atoms with van der Waals surface area (Å²) in [7, 11) is 1.86. The van der Waals surface area contributed by atoms with Crippen LogP contribution < -0.4 is 5.73 Å². The summed E-state index contributed by atoms with van der Waals surface area (Å²) in [5.74, 6) is 0.150. The summed E-state index contributed by atoms with van der Waals surface area (Å²) < 4.78 is 1.76. The van der Waals surface area contributed by atoms with Crippen LogP contribution in [0.2, 0.25) is 0 Å². The molecule has 0 unspecified atom stereocenters. The van der Waals surface area contributed by atoms with Crippen molar-refractivity contribution in [1.82, 2.24) is 9.78 Å². The zero-order chi connectivity index (χ0) is 11.1. The summed E-state index contributed by atoms with van der Waals surface area (Å²) in [5.41, 5.74) is 7.33. The van der Waals surface area contributed by atoms with Crippen molar-refractivity contribution in [3.8, 4) is 0 Å². The normalized spacial score (nSPS) is 18.6. The van der Waals surface area contributed by atoms with E-state index in [1.165, 1.54) is 0 Å². The van der Waals surface area contributed by atoms with Gasteiger partial charge >= 0.3 is 0 Å². The fourth-order valence-corrected chi connectivity index (χ4v) is 2.01. The van der Waals surface area contributed by atoms with Gasteiger partial charge in [0.05, 0.1) is 17.7 Å². The molecule has 1 aromatic heterocycles. The zero-order valence-electron chi connectivity index (χ0n) is 9.29. The zero-order valence-corrected chi connectivity index (χ0v) is 9.29. The Morgan fingerprint density at radius 2 is 2.33 bits per heavy atom. The Labute approximate surface area is 89.5 Å². The third-order valence-electron chi connectivity index (χ3n) is 3.24. The van der Waals surface area contributed by atoms with Crippen LogP contribution in [0.3, 0.4) is 0 Å². The van der Waals surface area contributed by atoms with Crippen LogP contribution in [0, 0.1) is 6.92 Å². The summed E-state index contributed by atoms with van der Waals surface area (Å²) in [6.45, 7) is 1.93. The Bertz CT molecular complexity index is 391. The van der Waals surface area contributed by atoms with Gasteiger partial charge in [0.25, 0.3) is 0 Å². The number of hydrogen-bond donors (Lipinski definition) is 1. The van der Waals surface area contributed by atoms with Crippen LogP contribution in [-0.2, 0) is 18.3 Å². The van der Waals surface area contributed by atoms with Gasteiger partial charge in [-0.2, -0.15) is 5.10 Å². The molecule has 1 aliphatic carbocycles. The summed E-state index contributed by atoms with van der Waals surface area (Å²) in [6.07, 6.45) is 3.16. The standard InChI is InChI=1S/C11H17N3O/c1-8-6-9(14(2)13-8)7-10(15)11(12)4-3-5-11/h6H,3-5,7,12H2,1-2H3. The summed E-state index contributed by atoms with van der Waals surface area (Å²) in [4.78, 5) is 11.9. The van der Waals surface area contributed by atoms with Gasteiger partial charge in [-0.05, 0) is 32.3 Å². The number of hydrogen-bond acceptors (Lipinski definition) is 3. The van der Waals surface area contributed by atoms with E-state index in [1.807, 2.05) is 20.0 Å². The second-order valence-corrected chi connectivity index (χ2v) is 4.51. The van der Waals surface area contributed by atoms with Crippen molar-refractivity contribution in [3.05, 3.63) is 17.5 Å². The molecule has 0 atom stereocenters.